The molecule has 0 aliphatic carbocycles. The Bertz CT molecular complexity index is 271. The third-order valence-electron chi connectivity index (χ3n) is 1.34. The lowest BCUT2D eigenvalue weighted by atomic mass is 10.1. The molecule has 1 N–H and O–H groups in total. The first-order chi connectivity index (χ1) is 5.24. The van der Waals surface area contributed by atoms with Gasteiger partial charge in [-0.2, -0.15) is 0 Å². The molecule has 1 nitrogen and oxygen atoms in total. The molecule has 0 heterocycles. The van der Waals surface area contributed by atoms with E-state index in [-0.39, 0.29) is 0 Å². The standard InChI is InChI=1S/C9H7IO/c1-2-9(11)7-3-5-8(10)6-4-7/h1,3-6,9,11H/t9-/m0/s1. The number of hydrogen-bond acceptors (Lipinski definition) is 1. The van der Waals surface area contributed by atoms with Crippen LogP contribution in [-0.2, 0) is 0 Å². The summed E-state index contributed by atoms with van der Waals surface area (Å²) in [7, 11) is 0. The smallest absolute Gasteiger partial charge is 0.139 e. The first-order valence-corrected chi connectivity index (χ1v) is 4.21. The minimum absolute atomic E-state index is 0.771. The summed E-state index contributed by atoms with van der Waals surface area (Å²) >= 11 is 2.20. The van der Waals surface area contributed by atoms with Gasteiger partial charge in [-0.15, -0.1) is 6.42 Å². The van der Waals surface area contributed by atoms with Crippen molar-refractivity contribution in [3.8, 4) is 12.3 Å². The van der Waals surface area contributed by atoms with E-state index in [1.165, 1.54) is 0 Å². The Morgan fingerprint density at radius 1 is 1.36 bits per heavy atom. The van der Waals surface area contributed by atoms with Crippen molar-refractivity contribution in [1.29, 1.82) is 0 Å². The molecule has 0 radical (unpaired) electrons. The van der Waals surface area contributed by atoms with Gasteiger partial charge in [0.05, 0.1) is 0 Å². The fourth-order valence-corrected chi connectivity index (χ4v) is 1.10. The summed E-state index contributed by atoms with van der Waals surface area (Å²) in [6, 6.07) is 7.48. The van der Waals surface area contributed by atoms with Gasteiger partial charge in [-0.25, -0.2) is 0 Å². The SMILES string of the molecule is C#C[C@H](O)c1ccc(I)cc1. The van der Waals surface area contributed by atoms with Crippen molar-refractivity contribution in [1.82, 2.24) is 0 Å². The summed E-state index contributed by atoms with van der Waals surface area (Å²) in [5.41, 5.74) is 0.771. The average molecular weight is 258 g/mol. The van der Waals surface area contributed by atoms with Crippen molar-refractivity contribution >= 4 is 22.6 Å². The highest BCUT2D eigenvalue weighted by Crippen LogP contribution is 2.13. The third-order valence-corrected chi connectivity index (χ3v) is 2.06. The Morgan fingerprint density at radius 2 is 1.91 bits per heavy atom. The van der Waals surface area contributed by atoms with E-state index < -0.39 is 6.10 Å². The Labute approximate surface area is 79.6 Å². The predicted molar refractivity (Wildman–Crippen MR) is 53.0 cm³/mol. The summed E-state index contributed by atoms with van der Waals surface area (Å²) in [5, 5.41) is 9.18. The van der Waals surface area contributed by atoms with Crippen molar-refractivity contribution < 1.29 is 5.11 Å². The van der Waals surface area contributed by atoms with Crippen molar-refractivity contribution in [2.24, 2.45) is 0 Å². The van der Waals surface area contributed by atoms with E-state index in [9.17, 15) is 5.11 Å². The molecule has 0 fully saturated rings. The molecule has 11 heavy (non-hydrogen) atoms. The lowest BCUT2D eigenvalue weighted by Gasteiger charge is -2.01. The van der Waals surface area contributed by atoms with Crippen LogP contribution in [0.3, 0.4) is 0 Å². The third kappa shape index (κ3) is 2.21. The van der Waals surface area contributed by atoms with Crippen molar-refractivity contribution in [2.45, 2.75) is 6.10 Å². The number of benzene rings is 1. The molecule has 56 valence electrons. The second-order valence-corrected chi connectivity index (χ2v) is 3.37. The Kier molecular flexibility index (Phi) is 2.92. The van der Waals surface area contributed by atoms with Crippen LogP contribution in [0.15, 0.2) is 24.3 Å². The molecule has 0 unspecified atom stereocenters. The van der Waals surface area contributed by atoms with Gasteiger partial charge in [-0.05, 0) is 40.3 Å². The second kappa shape index (κ2) is 3.74. The maximum Gasteiger partial charge on any atom is 0.139 e. The summed E-state index contributed by atoms with van der Waals surface area (Å²) in [6.07, 6.45) is 4.27. The van der Waals surface area contributed by atoms with Gasteiger partial charge in [0.15, 0.2) is 0 Å². The van der Waals surface area contributed by atoms with E-state index >= 15 is 0 Å². The van der Waals surface area contributed by atoms with Crippen LogP contribution in [0.25, 0.3) is 0 Å². The van der Waals surface area contributed by atoms with Crippen LogP contribution in [0.5, 0.6) is 0 Å². The molecule has 0 bridgehead atoms. The van der Waals surface area contributed by atoms with E-state index in [0.717, 1.165) is 9.13 Å². The Balaban J connectivity index is 2.92. The van der Waals surface area contributed by atoms with Crippen LogP contribution >= 0.6 is 22.6 Å². The molecule has 1 aromatic carbocycles. The first-order valence-electron chi connectivity index (χ1n) is 3.13. The quantitative estimate of drug-likeness (QED) is 0.603. The lowest BCUT2D eigenvalue weighted by Crippen LogP contribution is -1.92. The highest BCUT2D eigenvalue weighted by atomic mass is 127. The zero-order valence-electron chi connectivity index (χ0n) is 5.79. The highest BCUT2D eigenvalue weighted by Gasteiger charge is 2.00. The average Bonchev–Trinajstić information content (AvgIpc) is 2.05. The zero-order chi connectivity index (χ0) is 8.27. The maximum atomic E-state index is 9.18. The number of terminal acetylenes is 1. The molecule has 1 rings (SSSR count). The molecule has 0 aromatic heterocycles. The van der Waals surface area contributed by atoms with Crippen molar-refractivity contribution in [3.05, 3.63) is 33.4 Å². The van der Waals surface area contributed by atoms with Crippen LogP contribution in [0, 0.1) is 15.9 Å². The largest absolute Gasteiger partial charge is 0.376 e. The van der Waals surface area contributed by atoms with E-state index in [1.807, 2.05) is 24.3 Å². The molecular formula is C9H7IO. The van der Waals surface area contributed by atoms with Gasteiger partial charge in [-0.3, -0.25) is 0 Å². The Hall–Kier alpha value is -0.530. The van der Waals surface area contributed by atoms with Crippen LogP contribution < -0.4 is 0 Å². The highest BCUT2D eigenvalue weighted by molar-refractivity contribution is 14.1. The van der Waals surface area contributed by atoms with Gasteiger partial charge in [0.25, 0.3) is 0 Å². The molecular weight excluding hydrogens is 251 g/mol. The number of aliphatic hydroxyl groups is 1. The van der Waals surface area contributed by atoms with Crippen molar-refractivity contribution in [3.63, 3.8) is 0 Å². The molecule has 0 saturated heterocycles. The molecule has 2 heteroatoms. The second-order valence-electron chi connectivity index (χ2n) is 2.12. The molecule has 0 amide bonds. The van der Waals surface area contributed by atoms with Crippen LogP contribution in [0.4, 0.5) is 0 Å². The van der Waals surface area contributed by atoms with Gasteiger partial charge in [0.2, 0.25) is 0 Å². The van der Waals surface area contributed by atoms with Crippen molar-refractivity contribution in [2.75, 3.05) is 0 Å². The number of aliphatic hydroxyl groups excluding tert-OH is 1. The molecule has 0 aliphatic heterocycles. The minimum Gasteiger partial charge on any atom is -0.376 e. The maximum absolute atomic E-state index is 9.18. The normalized spacial score (nSPS) is 12.1. The van der Waals surface area contributed by atoms with E-state index in [1.54, 1.807) is 0 Å². The van der Waals surface area contributed by atoms with E-state index in [2.05, 4.69) is 28.5 Å². The van der Waals surface area contributed by atoms with Gasteiger partial charge < -0.3 is 5.11 Å². The molecule has 0 spiro atoms. The van der Waals surface area contributed by atoms with Crippen LogP contribution in [0.2, 0.25) is 0 Å². The minimum atomic E-state index is -0.771. The summed E-state index contributed by atoms with van der Waals surface area (Å²) in [6.45, 7) is 0. The summed E-state index contributed by atoms with van der Waals surface area (Å²) < 4.78 is 1.13. The summed E-state index contributed by atoms with van der Waals surface area (Å²) in [5.74, 6) is 2.25. The molecule has 0 saturated carbocycles. The van der Waals surface area contributed by atoms with Gasteiger partial charge in [0, 0.05) is 3.57 Å². The number of halogens is 1. The van der Waals surface area contributed by atoms with E-state index in [0.29, 0.717) is 0 Å². The van der Waals surface area contributed by atoms with E-state index in [4.69, 9.17) is 6.42 Å². The van der Waals surface area contributed by atoms with Crippen LogP contribution in [0.1, 0.15) is 11.7 Å². The van der Waals surface area contributed by atoms with Gasteiger partial charge in [0.1, 0.15) is 6.10 Å². The number of rotatable bonds is 1. The topological polar surface area (TPSA) is 20.2 Å². The zero-order valence-corrected chi connectivity index (χ0v) is 7.95. The first kappa shape index (κ1) is 8.57. The van der Waals surface area contributed by atoms with Crippen LogP contribution in [-0.4, -0.2) is 5.11 Å². The summed E-state index contributed by atoms with van der Waals surface area (Å²) in [4.78, 5) is 0. The lowest BCUT2D eigenvalue weighted by molar-refractivity contribution is 0.238. The monoisotopic (exact) mass is 258 g/mol. The fourth-order valence-electron chi connectivity index (χ4n) is 0.741. The molecule has 1 atom stereocenters. The van der Waals surface area contributed by atoms with Gasteiger partial charge in [-0.1, -0.05) is 18.1 Å². The number of hydrogen-bond donors (Lipinski definition) is 1. The fraction of sp³-hybridized carbons (Fsp3) is 0.111. The molecule has 1 aromatic rings. The predicted octanol–water partition coefficient (Wildman–Crippen LogP) is 1.96. The Morgan fingerprint density at radius 3 is 2.36 bits per heavy atom. The molecule has 0 aliphatic rings. The van der Waals surface area contributed by atoms with Gasteiger partial charge >= 0.3 is 0 Å².